The Bertz CT molecular complexity index is 964. The summed E-state index contributed by atoms with van der Waals surface area (Å²) in [5.74, 6) is -0.370. The van der Waals surface area contributed by atoms with E-state index in [9.17, 15) is 14.0 Å². The van der Waals surface area contributed by atoms with Crippen molar-refractivity contribution in [1.82, 2.24) is 9.88 Å². The van der Waals surface area contributed by atoms with Crippen molar-refractivity contribution in [3.63, 3.8) is 0 Å². The van der Waals surface area contributed by atoms with Crippen molar-refractivity contribution in [3.05, 3.63) is 47.9 Å². The first-order valence-corrected chi connectivity index (χ1v) is 11.2. The fourth-order valence-electron chi connectivity index (χ4n) is 3.51. The third-order valence-electron chi connectivity index (χ3n) is 5.25. The van der Waals surface area contributed by atoms with Crippen molar-refractivity contribution in [2.24, 2.45) is 5.92 Å². The second kappa shape index (κ2) is 10.6. The second-order valence-corrected chi connectivity index (χ2v) is 9.02. The number of hydrogen-bond donors (Lipinski definition) is 0. The molecule has 178 valence electrons. The molecule has 1 aliphatic heterocycles. The Hall–Kier alpha value is -3.16. The maximum atomic E-state index is 14.3. The Labute approximate surface area is 193 Å². The van der Waals surface area contributed by atoms with Gasteiger partial charge < -0.3 is 19.1 Å². The predicted octanol–water partition coefficient (Wildman–Crippen LogP) is 5.09. The molecule has 0 spiro atoms. The van der Waals surface area contributed by atoms with E-state index in [-0.39, 0.29) is 18.3 Å². The Morgan fingerprint density at radius 2 is 1.88 bits per heavy atom. The van der Waals surface area contributed by atoms with Crippen LogP contribution < -0.4 is 4.74 Å². The van der Waals surface area contributed by atoms with Crippen LogP contribution in [-0.4, -0.2) is 53.9 Å². The number of aromatic nitrogens is 1. The van der Waals surface area contributed by atoms with Gasteiger partial charge in [0.1, 0.15) is 17.2 Å². The third-order valence-corrected chi connectivity index (χ3v) is 5.25. The average Bonchev–Trinajstić information content (AvgIpc) is 2.77. The minimum absolute atomic E-state index is 0.0988. The first-order valence-electron chi connectivity index (χ1n) is 11.2. The first kappa shape index (κ1) is 24.5. The van der Waals surface area contributed by atoms with Gasteiger partial charge in [0.25, 0.3) is 0 Å². The van der Waals surface area contributed by atoms with Crippen molar-refractivity contribution in [3.8, 4) is 17.0 Å². The minimum Gasteiger partial charge on any atom is -0.492 e. The molecule has 1 fully saturated rings. The summed E-state index contributed by atoms with van der Waals surface area (Å²) >= 11 is 0. The third kappa shape index (κ3) is 6.91. The van der Waals surface area contributed by atoms with Crippen molar-refractivity contribution in [1.29, 1.82) is 0 Å². The fraction of sp³-hybridized carbons (Fsp3) is 0.480. The quantitative estimate of drug-likeness (QED) is 0.561. The topological polar surface area (TPSA) is 78.0 Å². The van der Waals surface area contributed by atoms with Crippen molar-refractivity contribution >= 4 is 12.1 Å². The van der Waals surface area contributed by atoms with Crippen LogP contribution in [0.3, 0.4) is 0 Å². The summed E-state index contributed by atoms with van der Waals surface area (Å²) in [5, 5.41) is 0. The van der Waals surface area contributed by atoms with Crippen molar-refractivity contribution in [2.75, 3.05) is 26.3 Å². The summed E-state index contributed by atoms with van der Waals surface area (Å²) in [6.45, 7) is 9.27. The van der Waals surface area contributed by atoms with Crippen LogP contribution in [0.2, 0.25) is 0 Å². The molecule has 0 saturated carbocycles. The maximum Gasteiger partial charge on any atom is 0.410 e. The number of piperidine rings is 1. The van der Waals surface area contributed by atoms with Crippen LogP contribution in [-0.2, 0) is 9.47 Å². The molecule has 1 aliphatic rings. The smallest absolute Gasteiger partial charge is 0.410 e. The molecule has 3 rings (SSSR count). The van der Waals surface area contributed by atoms with Gasteiger partial charge in [-0.05, 0) is 70.7 Å². The molecule has 2 aromatic rings. The zero-order valence-corrected chi connectivity index (χ0v) is 19.6. The van der Waals surface area contributed by atoms with E-state index in [0.29, 0.717) is 42.6 Å². The van der Waals surface area contributed by atoms with Gasteiger partial charge >= 0.3 is 12.1 Å². The van der Waals surface area contributed by atoms with E-state index in [1.165, 1.54) is 12.1 Å². The molecule has 0 radical (unpaired) electrons. The number of carbonyl (C=O) groups excluding carboxylic acids is 2. The molecular formula is C25H31FN2O5. The number of esters is 1. The monoisotopic (exact) mass is 458 g/mol. The molecule has 1 aromatic carbocycles. The summed E-state index contributed by atoms with van der Waals surface area (Å²) < 4.78 is 30.4. The van der Waals surface area contributed by atoms with E-state index in [0.717, 1.165) is 12.8 Å². The molecule has 1 amide bonds. The molecule has 8 heteroatoms. The van der Waals surface area contributed by atoms with Gasteiger partial charge in [0.2, 0.25) is 0 Å². The van der Waals surface area contributed by atoms with Gasteiger partial charge in [-0.1, -0.05) is 6.07 Å². The molecule has 0 unspecified atom stereocenters. The summed E-state index contributed by atoms with van der Waals surface area (Å²) in [5.41, 5.74) is 0.535. The minimum atomic E-state index is -0.685. The summed E-state index contributed by atoms with van der Waals surface area (Å²) in [6, 6.07) is 7.84. The summed E-state index contributed by atoms with van der Waals surface area (Å²) in [7, 11) is 0. The molecule has 1 saturated heterocycles. The zero-order chi connectivity index (χ0) is 24.0. The largest absolute Gasteiger partial charge is 0.492 e. The number of likely N-dealkylation sites (tertiary alicyclic amines) is 1. The Morgan fingerprint density at radius 3 is 2.45 bits per heavy atom. The highest BCUT2D eigenvalue weighted by molar-refractivity contribution is 5.90. The molecule has 1 aromatic heterocycles. The van der Waals surface area contributed by atoms with Gasteiger partial charge in [0.15, 0.2) is 0 Å². The van der Waals surface area contributed by atoms with Crippen LogP contribution in [0.15, 0.2) is 36.5 Å². The molecule has 0 N–H and O–H groups in total. The number of hydrogen-bond acceptors (Lipinski definition) is 6. The molecule has 2 heterocycles. The maximum absolute atomic E-state index is 14.3. The molecule has 33 heavy (non-hydrogen) atoms. The second-order valence-electron chi connectivity index (χ2n) is 9.02. The SMILES string of the molecule is CCOC(=O)c1ccc(-c2ccc(OCC3CCN(C(=O)OC(C)(C)C)CC3)cn2)cc1F. The van der Waals surface area contributed by atoms with Crippen LogP contribution in [0.1, 0.15) is 50.9 Å². The standard InChI is InChI=1S/C25H31FN2O5/c1-5-31-23(29)20-8-6-18(14-21(20)26)22-9-7-19(15-27-22)32-16-17-10-12-28(13-11-17)24(30)33-25(2,3)4/h6-9,14-15,17H,5,10-13,16H2,1-4H3. The number of amides is 1. The summed E-state index contributed by atoms with van der Waals surface area (Å²) in [6.07, 6.45) is 3.02. The normalized spacial score (nSPS) is 14.6. The van der Waals surface area contributed by atoms with Crippen LogP contribution in [0.5, 0.6) is 5.75 Å². The highest BCUT2D eigenvalue weighted by atomic mass is 19.1. The lowest BCUT2D eigenvalue weighted by atomic mass is 9.98. The molecule has 0 atom stereocenters. The van der Waals surface area contributed by atoms with Gasteiger partial charge in [-0.2, -0.15) is 0 Å². The summed E-state index contributed by atoms with van der Waals surface area (Å²) in [4.78, 5) is 30.0. The van der Waals surface area contributed by atoms with Crippen molar-refractivity contribution < 1.29 is 28.2 Å². The van der Waals surface area contributed by atoms with E-state index >= 15 is 0 Å². The number of pyridine rings is 1. The Kier molecular flexibility index (Phi) is 7.89. The molecule has 0 bridgehead atoms. The highest BCUT2D eigenvalue weighted by Gasteiger charge is 2.27. The molecular weight excluding hydrogens is 427 g/mol. The number of nitrogens with zero attached hydrogens (tertiary/aromatic N) is 2. The van der Waals surface area contributed by atoms with E-state index in [2.05, 4.69) is 4.98 Å². The average molecular weight is 459 g/mol. The molecule has 0 aliphatic carbocycles. The van der Waals surface area contributed by atoms with Crippen LogP contribution in [0.25, 0.3) is 11.3 Å². The van der Waals surface area contributed by atoms with Crippen LogP contribution >= 0.6 is 0 Å². The number of benzene rings is 1. The molecule has 7 nitrogen and oxygen atoms in total. The van der Waals surface area contributed by atoms with E-state index in [1.807, 2.05) is 20.8 Å². The van der Waals surface area contributed by atoms with E-state index in [4.69, 9.17) is 14.2 Å². The van der Waals surface area contributed by atoms with Crippen molar-refractivity contribution in [2.45, 2.75) is 46.1 Å². The zero-order valence-electron chi connectivity index (χ0n) is 19.6. The van der Waals surface area contributed by atoms with Gasteiger partial charge in [-0.25, -0.2) is 14.0 Å². The fourth-order valence-corrected chi connectivity index (χ4v) is 3.51. The van der Waals surface area contributed by atoms with Gasteiger partial charge in [0, 0.05) is 18.7 Å². The van der Waals surface area contributed by atoms with Crippen LogP contribution in [0.4, 0.5) is 9.18 Å². The number of rotatable bonds is 6. The Morgan fingerprint density at radius 1 is 1.15 bits per heavy atom. The van der Waals surface area contributed by atoms with Crippen LogP contribution in [0, 0.1) is 11.7 Å². The predicted molar refractivity (Wildman–Crippen MR) is 122 cm³/mol. The van der Waals surface area contributed by atoms with Gasteiger partial charge in [-0.3, -0.25) is 4.98 Å². The Balaban J connectivity index is 1.50. The van der Waals surface area contributed by atoms with Gasteiger partial charge in [-0.15, -0.1) is 0 Å². The van der Waals surface area contributed by atoms with Gasteiger partial charge in [0.05, 0.1) is 30.7 Å². The van der Waals surface area contributed by atoms with E-state index in [1.54, 1.807) is 36.2 Å². The number of carbonyl (C=O) groups is 2. The highest BCUT2D eigenvalue weighted by Crippen LogP contribution is 2.24. The number of halogens is 1. The lowest BCUT2D eigenvalue weighted by Gasteiger charge is -2.33. The lowest BCUT2D eigenvalue weighted by Crippen LogP contribution is -2.42. The van der Waals surface area contributed by atoms with E-state index < -0.39 is 17.4 Å². The lowest BCUT2D eigenvalue weighted by molar-refractivity contribution is 0.0164. The first-order chi connectivity index (χ1) is 15.7. The number of ether oxygens (including phenoxy) is 3.